The first-order chi connectivity index (χ1) is 13.3. The number of aromatic nitrogens is 2. The van der Waals surface area contributed by atoms with E-state index in [1.807, 2.05) is 17.7 Å². The lowest BCUT2D eigenvalue weighted by Gasteiger charge is -2.15. The van der Waals surface area contributed by atoms with Crippen LogP contribution in [0.25, 0.3) is 5.69 Å². The molecule has 3 rings (SSSR count). The molecule has 5 nitrogen and oxygen atoms in total. The Balaban J connectivity index is 1.71. The van der Waals surface area contributed by atoms with Crippen LogP contribution in [0.4, 0.5) is 5.69 Å². The van der Waals surface area contributed by atoms with Crippen LogP contribution in [-0.2, 0) is 4.79 Å². The Labute approximate surface area is 169 Å². The lowest BCUT2D eigenvalue weighted by molar-refractivity contribution is -0.115. The number of anilines is 1. The number of amides is 1. The number of nitrogens with zero attached hydrogens (tertiary/aromatic N) is 2. The zero-order chi connectivity index (χ0) is 20.3. The molecule has 1 heterocycles. The van der Waals surface area contributed by atoms with E-state index in [2.05, 4.69) is 42.3 Å². The third-order valence-corrected chi connectivity index (χ3v) is 5.51. The van der Waals surface area contributed by atoms with Crippen molar-refractivity contribution < 1.29 is 9.59 Å². The smallest absolute Gasteiger partial charge is 0.237 e. The van der Waals surface area contributed by atoms with Crippen molar-refractivity contribution >= 4 is 29.1 Å². The SMILES string of the molecule is CC(=O)c1ccc(NC(=O)[C@@H](C)Sc2nccn2-c2ccc(C)cc2C)cc1. The van der Waals surface area contributed by atoms with Gasteiger partial charge in [-0.05, 0) is 63.6 Å². The number of imidazole rings is 1. The third-order valence-electron chi connectivity index (χ3n) is 4.43. The minimum atomic E-state index is -0.334. The monoisotopic (exact) mass is 393 g/mol. The average molecular weight is 394 g/mol. The van der Waals surface area contributed by atoms with Gasteiger partial charge in [-0.3, -0.25) is 14.2 Å². The van der Waals surface area contributed by atoms with Gasteiger partial charge >= 0.3 is 0 Å². The van der Waals surface area contributed by atoms with Gasteiger partial charge in [-0.2, -0.15) is 0 Å². The number of aryl methyl sites for hydroxylation is 2. The molecule has 0 aliphatic heterocycles. The van der Waals surface area contributed by atoms with Crippen LogP contribution in [0.2, 0.25) is 0 Å². The van der Waals surface area contributed by atoms with E-state index in [1.165, 1.54) is 24.2 Å². The number of rotatable bonds is 6. The largest absolute Gasteiger partial charge is 0.325 e. The van der Waals surface area contributed by atoms with Crippen molar-refractivity contribution in [1.29, 1.82) is 0 Å². The van der Waals surface area contributed by atoms with Gasteiger partial charge in [0.15, 0.2) is 10.9 Å². The Bertz CT molecular complexity index is 1010. The average Bonchev–Trinajstić information content (AvgIpc) is 3.10. The molecule has 0 unspecified atom stereocenters. The second kappa shape index (κ2) is 8.44. The van der Waals surface area contributed by atoms with Gasteiger partial charge in [0.1, 0.15) is 0 Å². The van der Waals surface area contributed by atoms with Crippen molar-refractivity contribution in [2.45, 2.75) is 38.1 Å². The van der Waals surface area contributed by atoms with Gasteiger partial charge in [0.25, 0.3) is 0 Å². The summed E-state index contributed by atoms with van der Waals surface area (Å²) in [6, 6.07) is 13.2. The molecule has 0 aliphatic carbocycles. The third kappa shape index (κ3) is 4.51. The summed E-state index contributed by atoms with van der Waals surface area (Å²) in [4.78, 5) is 28.4. The van der Waals surface area contributed by atoms with E-state index >= 15 is 0 Å². The van der Waals surface area contributed by atoms with Gasteiger partial charge < -0.3 is 5.32 Å². The summed E-state index contributed by atoms with van der Waals surface area (Å²) in [5.74, 6) is -0.115. The molecule has 0 radical (unpaired) electrons. The van der Waals surface area contributed by atoms with Crippen LogP contribution in [0, 0.1) is 13.8 Å². The summed E-state index contributed by atoms with van der Waals surface area (Å²) in [6.07, 6.45) is 3.65. The predicted octanol–water partition coefficient (Wildman–Crippen LogP) is 4.81. The fourth-order valence-corrected chi connectivity index (χ4v) is 3.76. The lowest BCUT2D eigenvalue weighted by Crippen LogP contribution is -2.22. The Morgan fingerprint density at radius 2 is 1.82 bits per heavy atom. The van der Waals surface area contributed by atoms with Crippen LogP contribution in [-0.4, -0.2) is 26.5 Å². The zero-order valence-electron chi connectivity index (χ0n) is 16.4. The molecule has 0 fully saturated rings. The van der Waals surface area contributed by atoms with E-state index in [0.717, 1.165) is 16.4 Å². The topological polar surface area (TPSA) is 64.0 Å². The van der Waals surface area contributed by atoms with Gasteiger partial charge in [-0.1, -0.05) is 29.5 Å². The maximum absolute atomic E-state index is 12.6. The standard InChI is InChI=1S/C22H23N3O2S/c1-14-5-10-20(15(2)13-14)25-12-11-23-22(25)28-17(4)21(27)24-19-8-6-18(7-9-19)16(3)26/h5-13,17H,1-4H3,(H,24,27)/t17-/m1/s1. The molecule has 0 spiro atoms. The van der Waals surface area contributed by atoms with E-state index < -0.39 is 0 Å². The second-order valence-electron chi connectivity index (χ2n) is 6.75. The fraction of sp³-hybridized carbons (Fsp3) is 0.227. The Morgan fingerprint density at radius 1 is 1.11 bits per heavy atom. The molecule has 1 aromatic heterocycles. The molecule has 3 aromatic rings. The second-order valence-corrected chi connectivity index (χ2v) is 8.06. The lowest BCUT2D eigenvalue weighted by atomic mass is 10.1. The number of hydrogen-bond acceptors (Lipinski definition) is 4. The van der Waals surface area contributed by atoms with E-state index in [-0.39, 0.29) is 16.9 Å². The van der Waals surface area contributed by atoms with Crippen molar-refractivity contribution in [3.63, 3.8) is 0 Å². The number of carbonyl (C=O) groups excluding carboxylic acids is 2. The summed E-state index contributed by atoms with van der Waals surface area (Å²) in [5, 5.41) is 3.32. The highest BCUT2D eigenvalue weighted by Crippen LogP contribution is 2.27. The van der Waals surface area contributed by atoms with E-state index in [4.69, 9.17) is 0 Å². The van der Waals surface area contributed by atoms with Crippen molar-refractivity contribution in [2.24, 2.45) is 0 Å². The van der Waals surface area contributed by atoms with Crippen molar-refractivity contribution in [2.75, 3.05) is 5.32 Å². The molecule has 6 heteroatoms. The highest BCUT2D eigenvalue weighted by Gasteiger charge is 2.18. The van der Waals surface area contributed by atoms with E-state index in [9.17, 15) is 9.59 Å². The van der Waals surface area contributed by atoms with Gasteiger partial charge in [-0.15, -0.1) is 0 Å². The molecule has 1 amide bonds. The number of carbonyl (C=O) groups is 2. The summed E-state index contributed by atoms with van der Waals surface area (Å²) >= 11 is 1.41. The van der Waals surface area contributed by atoms with Crippen molar-refractivity contribution in [3.05, 3.63) is 71.5 Å². The van der Waals surface area contributed by atoms with Crippen molar-refractivity contribution in [3.8, 4) is 5.69 Å². The van der Waals surface area contributed by atoms with Crippen LogP contribution in [0.5, 0.6) is 0 Å². The molecule has 0 saturated carbocycles. The van der Waals surface area contributed by atoms with Crippen molar-refractivity contribution in [1.82, 2.24) is 9.55 Å². The first kappa shape index (κ1) is 19.9. The molecule has 1 atom stereocenters. The zero-order valence-corrected chi connectivity index (χ0v) is 17.2. The first-order valence-corrected chi connectivity index (χ1v) is 9.92. The number of thioether (sulfide) groups is 1. The van der Waals surface area contributed by atoms with E-state index in [0.29, 0.717) is 11.3 Å². The molecule has 0 aliphatic rings. The highest BCUT2D eigenvalue weighted by atomic mass is 32.2. The number of benzene rings is 2. The molecule has 28 heavy (non-hydrogen) atoms. The maximum atomic E-state index is 12.6. The first-order valence-electron chi connectivity index (χ1n) is 9.04. The molecule has 144 valence electrons. The summed E-state index contributed by atoms with van der Waals surface area (Å²) < 4.78 is 2.00. The van der Waals surface area contributed by atoms with Gasteiger partial charge in [-0.25, -0.2) is 4.98 Å². The van der Waals surface area contributed by atoms with Crippen LogP contribution >= 0.6 is 11.8 Å². The summed E-state index contributed by atoms with van der Waals surface area (Å²) in [7, 11) is 0. The number of hydrogen-bond donors (Lipinski definition) is 1. The van der Waals surface area contributed by atoms with E-state index in [1.54, 1.807) is 30.5 Å². The molecule has 0 saturated heterocycles. The minimum absolute atomic E-state index is 0.0000330. The quantitative estimate of drug-likeness (QED) is 0.482. The van der Waals surface area contributed by atoms with Crippen LogP contribution in [0.1, 0.15) is 35.3 Å². The van der Waals surface area contributed by atoms with Crippen LogP contribution in [0.3, 0.4) is 0 Å². The van der Waals surface area contributed by atoms with Crippen LogP contribution in [0.15, 0.2) is 60.0 Å². The Kier molecular flexibility index (Phi) is 5.99. The molecule has 0 bridgehead atoms. The molecule has 2 aromatic carbocycles. The van der Waals surface area contributed by atoms with Gasteiger partial charge in [0.05, 0.1) is 10.9 Å². The highest BCUT2D eigenvalue weighted by molar-refractivity contribution is 8.00. The maximum Gasteiger partial charge on any atom is 0.237 e. The Hall–Kier alpha value is -2.86. The van der Waals surface area contributed by atoms with Gasteiger partial charge in [0, 0.05) is 23.6 Å². The summed E-state index contributed by atoms with van der Waals surface area (Å²) in [5.41, 5.74) is 4.70. The Morgan fingerprint density at radius 3 is 2.46 bits per heavy atom. The minimum Gasteiger partial charge on any atom is -0.325 e. The fourth-order valence-electron chi connectivity index (χ4n) is 2.88. The predicted molar refractivity (Wildman–Crippen MR) is 113 cm³/mol. The van der Waals surface area contributed by atoms with Crippen LogP contribution < -0.4 is 5.32 Å². The molecular weight excluding hydrogens is 370 g/mol. The number of nitrogens with one attached hydrogen (secondary N) is 1. The van der Waals surface area contributed by atoms with Gasteiger partial charge in [0.2, 0.25) is 5.91 Å². The molecule has 1 N–H and O–H groups in total. The number of Topliss-reactive ketones (excluding diaryl/α,β-unsaturated/α-hetero) is 1. The summed E-state index contributed by atoms with van der Waals surface area (Å²) in [6.45, 7) is 7.50. The molecular formula is C22H23N3O2S. The normalized spacial score (nSPS) is 11.9. The number of ketones is 1.